The normalized spacial score (nSPS) is 13.2. The number of halogens is 1. The number of ether oxygens (including phenoxy) is 2. The van der Waals surface area contributed by atoms with E-state index in [4.69, 9.17) is 9.47 Å². The second kappa shape index (κ2) is 11.2. The van der Waals surface area contributed by atoms with Gasteiger partial charge in [0.1, 0.15) is 11.6 Å². The number of hydrogen-bond donors (Lipinski definition) is 3. The molecule has 2 aromatic carbocycles. The minimum atomic E-state index is -0.270. The van der Waals surface area contributed by atoms with Crippen LogP contribution in [0.5, 0.6) is 5.75 Å². The number of methoxy groups -OCH3 is 1. The second-order valence-corrected chi connectivity index (χ2v) is 8.56. The van der Waals surface area contributed by atoms with Crippen LogP contribution in [0.15, 0.2) is 61.3 Å². The molecule has 0 atom stereocenters. The predicted molar refractivity (Wildman–Crippen MR) is 143 cm³/mol. The lowest BCUT2D eigenvalue weighted by molar-refractivity contribution is -0.111. The van der Waals surface area contributed by atoms with Crippen LogP contribution in [0.1, 0.15) is 0 Å². The quantitative estimate of drug-likeness (QED) is 0.268. The standard InChI is InChI=1S/C24H25IN6O3/c1-3-22(32)27-16-5-4-6-17(13-16)28-23-19(25)15-26-24(30-23)29-20-8-7-18(14-21(20)33-2)31-9-11-34-12-10-31/h3-8,13-15H,1,9-12H2,2H3,(H,27,32)(H2,26,28,29,30). The molecule has 0 bridgehead atoms. The number of hydrogen-bond acceptors (Lipinski definition) is 8. The molecular formula is C24H25IN6O3. The van der Waals surface area contributed by atoms with E-state index in [0.29, 0.717) is 23.2 Å². The predicted octanol–water partition coefficient (Wildman–Crippen LogP) is 4.54. The van der Waals surface area contributed by atoms with E-state index in [1.807, 2.05) is 36.4 Å². The first-order chi connectivity index (χ1) is 16.6. The summed E-state index contributed by atoms with van der Waals surface area (Å²) >= 11 is 2.17. The minimum Gasteiger partial charge on any atom is -0.494 e. The van der Waals surface area contributed by atoms with Gasteiger partial charge in [-0.25, -0.2) is 4.98 Å². The molecular weight excluding hydrogens is 547 g/mol. The van der Waals surface area contributed by atoms with Gasteiger partial charge in [0.15, 0.2) is 0 Å². The van der Waals surface area contributed by atoms with Crippen molar-refractivity contribution in [2.24, 2.45) is 0 Å². The molecule has 176 valence electrons. The van der Waals surface area contributed by atoms with Gasteiger partial charge < -0.3 is 30.3 Å². The fraction of sp³-hybridized carbons (Fsp3) is 0.208. The Labute approximate surface area is 211 Å². The van der Waals surface area contributed by atoms with E-state index in [0.717, 1.165) is 46.9 Å². The summed E-state index contributed by atoms with van der Waals surface area (Å²) in [6, 6.07) is 13.4. The summed E-state index contributed by atoms with van der Waals surface area (Å²) in [5.41, 5.74) is 3.28. The maximum atomic E-state index is 11.6. The van der Waals surface area contributed by atoms with E-state index in [-0.39, 0.29) is 5.91 Å². The summed E-state index contributed by atoms with van der Waals surface area (Å²) in [5.74, 6) is 1.49. The summed E-state index contributed by atoms with van der Waals surface area (Å²) in [7, 11) is 1.64. The van der Waals surface area contributed by atoms with Crippen LogP contribution in [0.2, 0.25) is 0 Å². The zero-order chi connectivity index (χ0) is 23.9. The number of anilines is 6. The minimum absolute atomic E-state index is 0.270. The molecule has 4 rings (SSSR count). The molecule has 0 saturated carbocycles. The lowest BCUT2D eigenvalue weighted by atomic mass is 10.2. The number of benzene rings is 2. The fourth-order valence-corrected chi connectivity index (χ4v) is 3.84. The second-order valence-electron chi connectivity index (χ2n) is 7.40. The topological polar surface area (TPSA) is 101 Å². The molecule has 10 heteroatoms. The monoisotopic (exact) mass is 572 g/mol. The van der Waals surface area contributed by atoms with Crippen molar-refractivity contribution in [2.45, 2.75) is 0 Å². The Morgan fingerprint density at radius 2 is 1.97 bits per heavy atom. The van der Waals surface area contributed by atoms with E-state index < -0.39 is 0 Å². The summed E-state index contributed by atoms with van der Waals surface area (Å²) in [6.45, 7) is 6.62. The third-order valence-corrected chi connectivity index (χ3v) is 5.92. The van der Waals surface area contributed by atoms with Crippen LogP contribution < -0.4 is 25.6 Å². The highest BCUT2D eigenvalue weighted by molar-refractivity contribution is 14.1. The Morgan fingerprint density at radius 1 is 1.18 bits per heavy atom. The van der Waals surface area contributed by atoms with Gasteiger partial charge in [-0.1, -0.05) is 12.6 Å². The summed E-state index contributed by atoms with van der Waals surface area (Å²) < 4.78 is 11.9. The van der Waals surface area contributed by atoms with Crippen LogP contribution in [0.3, 0.4) is 0 Å². The number of aromatic nitrogens is 2. The average molecular weight is 572 g/mol. The van der Waals surface area contributed by atoms with Crippen LogP contribution in [0, 0.1) is 3.57 Å². The van der Waals surface area contributed by atoms with Crippen molar-refractivity contribution in [3.63, 3.8) is 0 Å². The van der Waals surface area contributed by atoms with E-state index in [1.54, 1.807) is 19.4 Å². The molecule has 1 saturated heterocycles. The summed E-state index contributed by atoms with van der Waals surface area (Å²) in [5, 5.41) is 9.28. The van der Waals surface area contributed by atoms with Crippen molar-refractivity contribution in [3.05, 3.63) is 64.9 Å². The number of morpholine rings is 1. The first-order valence-electron chi connectivity index (χ1n) is 10.7. The SMILES string of the molecule is C=CC(=O)Nc1cccc(Nc2nc(Nc3ccc(N4CCOCC4)cc3OC)ncc2I)c1. The van der Waals surface area contributed by atoms with Gasteiger partial charge in [0.05, 0.1) is 29.6 Å². The smallest absolute Gasteiger partial charge is 0.247 e. The van der Waals surface area contributed by atoms with E-state index in [9.17, 15) is 4.79 Å². The van der Waals surface area contributed by atoms with Gasteiger partial charge in [-0.3, -0.25) is 4.79 Å². The molecule has 1 aliphatic heterocycles. The van der Waals surface area contributed by atoms with E-state index >= 15 is 0 Å². The van der Waals surface area contributed by atoms with Crippen molar-refractivity contribution in [3.8, 4) is 5.75 Å². The highest BCUT2D eigenvalue weighted by Crippen LogP contribution is 2.32. The maximum absolute atomic E-state index is 11.6. The van der Waals surface area contributed by atoms with Gasteiger partial charge in [-0.15, -0.1) is 0 Å². The maximum Gasteiger partial charge on any atom is 0.247 e. The number of nitrogens with zero attached hydrogens (tertiary/aromatic N) is 3. The van der Waals surface area contributed by atoms with Crippen LogP contribution in [0.25, 0.3) is 0 Å². The molecule has 0 radical (unpaired) electrons. The molecule has 1 amide bonds. The molecule has 1 fully saturated rings. The highest BCUT2D eigenvalue weighted by Gasteiger charge is 2.15. The van der Waals surface area contributed by atoms with E-state index in [1.165, 1.54) is 6.08 Å². The Kier molecular flexibility index (Phi) is 7.80. The first-order valence-corrected chi connectivity index (χ1v) is 11.7. The number of rotatable bonds is 8. The number of amides is 1. The first kappa shape index (κ1) is 23.8. The molecule has 3 aromatic rings. The zero-order valence-corrected chi connectivity index (χ0v) is 20.8. The van der Waals surface area contributed by atoms with Gasteiger partial charge in [-0.05, 0) is 59.0 Å². The van der Waals surface area contributed by atoms with Crippen molar-refractivity contribution in [1.29, 1.82) is 0 Å². The Balaban J connectivity index is 1.52. The van der Waals surface area contributed by atoms with Gasteiger partial charge in [0.2, 0.25) is 11.9 Å². The lowest BCUT2D eigenvalue weighted by Gasteiger charge is -2.29. The van der Waals surface area contributed by atoms with Crippen molar-refractivity contribution in [2.75, 3.05) is 54.3 Å². The third kappa shape index (κ3) is 5.94. The van der Waals surface area contributed by atoms with Crippen molar-refractivity contribution in [1.82, 2.24) is 9.97 Å². The number of carbonyl (C=O) groups is 1. The van der Waals surface area contributed by atoms with Crippen molar-refractivity contribution < 1.29 is 14.3 Å². The van der Waals surface area contributed by atoms with Crippen molar-refractivity contribution >= 4 is 63.0 Å². The van der Waals surface area contributed by atoms with Gasteiger partial charge in [-0.2, -0.15) is 4.98 Å². The Hall–Kier alpha value is -3.38. The van der Waals surface area contributed by atoms with Gasteiger partial charge >= 0.3 is 0 Å². The summed E-state index contributed by atoms with van der Waals surface area (Å²) in [4.78, 5) is 22.9. The number of carbonyl (C=O) groups excluding carboxylic acids is 1. The molecule has 1 aliphatic rings. The largest absolute Gasteiger partial charge is 0.494 e. The molecule has 2 heterocycles. The molecule has 0 aliphatic carbocycles. The van der Waals surface area contributed by atoms with Crippen LogP contribution >= 0.6 is 22.6 Å². The van der Waals surface area contributed by atoms with E-state index in [2.05, 4.69) is 60.0 Å². The highest BCUT2D eigenvalue weighted by atomic mass is 127. The molecule has 34 heavy (non-hydrogen) atoms. The number of nitrogens with one attached hydrogen (secondary N) is 3. The molecule has 3 N–H and O–H groups in total. The molecule has 9 nitrogen and oxygen atoms in total. The Bertz CT molecular complexity index is 1180. The lowest BCUT2D eigenvalue weighted by Crippen LogP contribution is -2.36. The molecule has 0 unspecified atom stereocenters. The third-order valence-electron chi connectivity index (χ3n) is 5.13. The van der Waals surface area contributed by atoms with Gasteiger partial charge in [0.25, 0.3) is 0 Å². The Morgan fingerprint density at radius 3 is 2.74 bits per heavy atom. The van der Waals surface area contributed by atoms with Crippen LogP contribution in [0.4, 0.5) is 34.5 Å². The fourth-order valence-electron chi connectivity index (χ4n) is 3.44. The van der Waals surface area contributed by atoms with Crippen LogP contribution in [-0.4, -0.2) is 49.3 Å². The zero-order valence-electron chi connectivity index (χ0n) is 18.7. The average Bonchev–Trinajstić information content (AvgIpc) is 2.87. The summed E-state index contributed by atoms with van der Waals surface area (Å²) in [6.07, 6.45) is 2.96. The molecule has 0 spiro atoms. The van der Waals surface area contributed by atoms with Crippen LogP contribution in [-0.2, 0) is 9.53 Å². The molecule has 1 aromatic heterocycles. The van der Waals surface area contributed by atoms with Gasteiger partial charge in [0, 0.05) is 42.4 Å².